The highest BCUT2D eigenvalue weighted by Gasteiger charge is 2.50. The Balaban J connectivity index is 2.12. The zero-order chi connectivity index (χ0) is 13.5. The lowest BCUT2D eigenvalue weighted by molar-refractivity contribution is -0.364. The van der Waals surface area contributed by atoms with Crippen molar-refractivity contribution in [2.45, 2.75) is 57.2 Å². The number of amides is 1. The van der Waals surface area contributed by atoms with Crippen molar-refractivity contribution in [3.63, 3.8) is 0 Å². The van der Waals surface area contributed by atoms with Crippen molar-refractivity contribution < 1.29 is 29.2 Å². The van der Waals surface area contributed by atoms with Crippen LogP contribution in [0.15, 0.2) is 0 Å². The molecule has 2 rings (SSSR count). The number of carbonyl (C=O) groups excluding carboxylic acids is 1. The molecule has 0 aliphatic carbocycles. The van der Waals surface area contributed by atoms with Crippen molar-refractivity contribution in [1.29, 1.82) is 0 Å². The number of nitrogens with one attached hydrogen (secondary N) is 1. The molecule has 2 heterocycles. The zero-order valence-corrected chi connectivity index (χ0v) is 10.6. The molecular formula is C11H19NO6. The van der Waals surface area contributed by atoms with Gasteiger partial charge in [0.25, 0.3) is 0 Å². The van der Waals surface area contributed by atoms with Crippen LogP contribution >= 0.6 is 0 Å². The van der Waals surface area contributed by atoms with Crippen LogP contribution in [0.4, 0.5) is 0 Å². The summed E-state index contributed by atoms with van der Waals surface area (Å²) >= 11 is 0. The Hall–Kier alpha value is -0.730. The molecule has 0 bridgehead atoms. The molecular weight excluding hydrogens is 242 g/mol. The monoisotopic (exact) mass is 261 g/mol. The number of aliphatic hydroxyl groups is 2. The number of hydrogen-bond donors (Lipinski definition) is 3. The lowest BCUT2D eigenvalue weighted by atomic mass is 9.95. The van der Waals surface area contributed by atoms with Crippen LogP contribution in [0.5, 0.6) is 0 Å². The van der Waals surface area contributed by atoms with Crippen LogP contribution in [0.1, 0.15) is 20.8 Å². The molecule has 18 heavy (non-hydrogen) atoms. The molecule has 0 spiro atoms. The van der Waals surface area contributed by atoms with Gasteiger partial charge in [-0.2, -0.15) is 0 Å². The third kappa shape index (κ3) is 2.65. The maximum Gasteiger partial charge on any atom is 0.217 e. The van der Waals surface area contributed by atoms with E-state index in [9.17, 15) is 15.0 Å². The average Bonchev–Trinajstić information content (AvgIpc) is 2.25. The van der Waals surface area contributed by atoms with Crippen LogP contribution in [0.25, 0.3) is 0 Å². The minimum atomic E-state index is -1.28. The molecule has 7 heteroatoms. The predicted molar refractivity (Wildman–Crippen MR) is 59.4 cm³/mol. The summed E-state index contributed by atoms with van der Waals surface area (Å²) in [4.78, 5) is 11.0. The molecule has 2 fully saturated rings. The third-order valence-electron chi connectivity index (χ3n) is 3.08. The SMILES string of the molecule is CC(=O)N[C@H]1[C@@H](O)[C@@H]2OC(C)(C)OCC2O[C@H]1O. The molecule has 1 unspecified atom stereocenters. The first-order valence-electron chi connectivity index (χ1n) is 5.90. The number of ether oxygens (including phenoxy) is 3. The fraction of sp³-hybridized carbons (Fsp3) is 0.909. The van der Waals surface area contributed by atoms with Crippen LogP contribution in [0.3, 0.4) is 0 Å². The normalized spacial score (nSPS) is 43.1. The van der Waals surface area contributed by atoms with Crippen LogP contribution < -0.4 is 5.32 Å². The van der Waals surface area contributed by atoms with E-state index in [0.717, 1.165) is 0 Å². The van der Waals surface area contributed by atoms with Gasteiger partial charge >= 0.3 is 0 Å². The van der Waals surface area contributed by atoms with Gasteiger partial charge in [-0.15, -0.1) is 0 Å². The summed E-state index contributed by atoms with van der Waals surface area (Å²) < 4.78 is 16.3. The highest BCUT2D eigenvalue weighted by Crippen LogP contribution is 2.31. The smallest absolute Gasteiger partial charge is 0.217 e. The van der Waals surface area contributed by atoms with Crippen molar-refractivity contribution in [3.8, 4) is 0 Å². The van der Waals surface area contributed by atoms with Gasteiger partial charge in [0, 0.05) is 6.92 Å². The second-order valence-electron chi connectivity index (χ2n) is 5.08. The van der Waals surface area contributed by atoms with E-state index in [4.69, 9.17) is 14.2 Å². The lowest BCUT2D eigenvalue weighted by Gasteiger charge is -2.48. The Labute approximate surface area is 105 Å². The molecule has 0 saturated carbocycles. The highest BCUT2D eigenvalue weighted by molar-refractivity contribution is 5.73. The summed E-state index contributed by atoms with van der Waals surface area (Å²) in [7, 11) is 0. The molecule has 1 amide bonds. The van der Waals surface area contributed by atoms with E-state index < -0.39 is 36.4 Å². The fourth-order valence-corrected chi connectivity index (χ4v) is 2.25. The van der Waals surface area contributed by atoms with Gasteiger partial charge in [-0.05, 0) is 13.8 Å². The molecule has 2 aliphatic heterocycles. The lowest BCUT2D eigenvalue weighted by Crippen LogP contribution is -2.67. The molecule has 104 valence electrons. The second kappa shape index (κ2) is 4.75. The molecule has 7 nitrogen and oxygen atoms in total. The van der Waals surface area contributed by atoms with Gasteiger partial charge in [0.1, 0.15) is 24.4 Å². The summed E-state index contributed by atoms with van der Waals surface area (Å²) in [5, 5.41) is 22.4. The molecule has 5 atom stereocenters. The van der Waals surface area contributed by atoms with Crippen molar-refractivity contribution in [3.05, 3.63) is 0 Å². The first kappa shape index (κ1) is 13.7. The topological polar surface area (TPSA) is 97.3 Å². The minimum absolute atomic E-state index is 0.221. The molecule has 0 aromatic rings. The van der Waals surface area contributed by atoms with E-state index in [1.165, 1.54) is 6.92 Å². The number of hydrogen-bond acceptors (Lipinski definition) is 6. The average molecular weight is 261 g/mol. The fourth-order valence-electron chi connectivity index (χ4n) is 2.25. The maximum atomic E-state index is 11.0. The molecule has 0 aromatic heterocycles. The van der Waals surface area contributed by atoms with Gasteiger partial charge in [-0.3, -0.25) is 4.79 Å². The molecule has 2 aliphatic rings. The Kier molecular flexibility index (Phi) is 3.61. The largest absolute Gasteiger partial charge is 0.388 e. The summed E-state index contributed by atoms with van der Waals surface area (Å²) in [6.07, 6.45) is -3.52. The Bertz CT molecular complexity index is 333. The van der Waals surface area contributed by atoms with Gasteiger partial charge in [-0.1, -0.05) is 0 Å². The first-order chi connectivity index (χ1) is 8.30. The van der Waals surface area contributed by atoms with E-state index in [2.05, 4.69) is 5.32 Å². The molecule has 2 saturated heterocycles. The van der Waals surface area contributed by atoms with E-state index in [0.29, 0.717) is 0 Å². The zero-order valence-electron chi connectivity index (χ0n) is 10.6. The molecule has 0 radical (unpaired) electrons. The van der Waals surface area contributed by atoms with E-state index in [-0.39, 0.29) is 12.5 Å². The third-order valence-corrected chi connectivity index (χ3v) is 3.08. The summed E-state index contributed by atoms with van der Waals surface area (Å²) in [6, 6.07) is -0.905. The van der Waals surface area contributed by atoms with Crippen molar-refractivity contribution in [1.82, 2.24) is 5.32 Å². The summed E-state index contributed by atoms with van der Waals surface area (Å²) in [5.74, 6) is -1.18. The van der Waals surface area contributed by atoms with E-state index in [1.54, 1.807) is 13.8 Å². The standard InChI is InChI=1S/C11H19NO6/c1-5(13)12-7-8(14)9-6(17-10(7)15)4-16-11(2,3)18-9/h6-10,14-15H,4H2,1-3H3,(H,12,13)/t6?,7-,8+,9+,10+/m0/s1. The maximum absolute atomic E-state index is 11.0. The molecule has 0 aromatic carbocycles. The van der Waals surface area contributed by atoms with Crippen molar-refractivity contribution in [2.75, 3.05) is 6.61 Å². The van der Waals surface area contributed by atoms with Gasteiger partial charge in [0.15, 0.2) is 12.1 Å². The number of rotatable bonds is 1. The van der Waals surface area contributed by atoms with Gasteiger partial charge in [0.05, 0.1) is 6.61 Å². The van der Waals surface area contributed by atoms with Crippen LogP contribution in [-0.4, -0.2) is 59.2 Å². The van der Waals surface area contributed by atoms with Crippen molar-refractivity contribution in [2.24, 2.45) is 0 Å². The van der Waals surface area contributed by atoms with Gasteiger partial charge in [0.2, 0.25) is 5.91 Å². The van der Waals surface area contributed by atoms with Gasteiger partial charge in [-0.25, -0.2) is 0 Å². The van der Waals surface area contributed by atoms with Crippen LogP contribution in [0.2, 0.25) is 0 Å². The van der Waals surface area contributed by atoms with E-state index >= 15 is 0 Å². The Morgan fingerprint density at radius 3 is 2.67 bits per heavy atom. The van der Waals surface area contributed by atoms with Crippen LogP contribution in [0, 0.1) is 0 Å². The Morgan fingerprint density at radius 1 is 1.39 bits per heavy atom. The number of fused-ring (bicyclic) bond motifs is 1. The number of aliphatic hydroxyl groups excluding tert-OH is 2. The van der Waals surface area contributed by atoms with Crippen LogP contribution in [-0.2, 0) is 19.0 Å². The molecule has 3 N–H and O–H groups in total. The van der Waals surface area contributed by atoms with Gasteiger partial charge < -0.3 is 29.7 Å². The quantitative estimate of drug-likeness (QED) is 0.544. The van der Waals surface area contributed by atoms with E-state index in [1.807, 2.05) is 0 Å². The second-order valence-corrected chi connectivity index (χ2v) is 5.08. The number of carbonyl (C=O) groups is 1. The summed E-state index contributed by atoms with van der Waals surface area (Å²) in [5.41, 5.74) is 0. The Morgan fingerprint density at radius 2 is 2.06 bits per heavy atom. The van der Waals surface area contributed by atoms with Crippen molar-refractivity contribution >= 4 is 5.91 Å². The summed E-state index contributed by atoms with van der Waals surface area (Å²) in [6.45, 7) is 4.99. The first-order valence-corrected chi connectivity index (χ1v) is 5.90. The predicted octanol–water partition coefficient (Wildman–Crippen LogP) is -1.28. The minimum Gasteiger partial charge on any atom is -0.388 e. The highest BCUT2D eigenvalue weighted by atomic mass is 16.7.